The summed E-state index contributed by atoms with van der Waals surface area (Å²) in [6.07, 6.45) is 11.9. The van der Waals surface area contributed by atoms with Gasteiger partial charge < -0.3 is 9.84 Å². The molecule has 0 bridgehead atoms. The summed E-state index contributed by atoms with van der Waals surface area (Å²) in [5.41, 5.74) is 0.258. The average molecular weight is 457 g/mol. The van der Waals surface area contributed by atoms with Crippen LogP contribution < -0.4 is 39.4 Å². The molecule has 0 aliphatic carbocycles. The predicted octanol–water partition coefficient (Wildman–Crippen LogP) is 3.27. The van der Waals surface area contributed by atoms with E-state index in [1.165, 1.54) is 44.6 Å². The zero-order valence-corrected chi connectivity index (χ0v) is 21.6. The fourth-order valence-electron chi connectivity index (χ4n) is 3.61. The fourth-order valence-corrected chi connectivity index (χ4v) is 4.44. The van der Waals surface area contributed by atoms with Crippen molar-refractivity contribution >= 4 is 10.1 Å². The van der Waals surface area contributed by atoms with E-state index < -0.39 is 20.8 Å². The summed E-state index contributed by atoms with van der Waals surface area (Å²) in [5.74, 6) is 0.131. The minimum atomic E-state index is -4.63. The molecule has 0 fully saturated rings. The van der Waals surface area contributed by atoms with Crippen LogP contribution in [0.15, 0.2) is 47.4 Å². The summed E-state index contributed by atoms with van der Waals surface area (Å²) in [4.78, 5) is -0.563. The monoisotopic (exact) mass is 456 g/mol. The van der Waals surface area contributed by atoms with Crippen molar-refractivity contribution in [3.8, 4) is 17.2 Å². The molecule has 0 saturated carbocycles. The van der Waals surface area contributed by atoms with E-state index in [2.05, 4.69) is 6.92 Å². The SMILES string of the molecule is CCCCCCCCCCCCc1c(Oc2ccccc2)ccc([O-])c1S(=O)(=O)O.[Na+]. The molecule has 1 N–H and O–H groups in total. The molecule has 0 saturated heterocycles. The third kappa shape index (κ3) is 9.96. The van der Waals surface area contributed by atoms with Crippen molar-refractivity contribution in [2.45, 2.75) is 82.4 Å². The molecule has 2 aromatic carbocycles. The average Bonchev–Trinajstić information content (AvgIpc) is 2.71. The molecule has 0 amide bonds. The minimum absolute atomic E-state index is 0. The Balaban J connectivity index is 0.00000480. The molecule has 2 rings (SSSR count). The van der Waals surface area contributed by atoms with Gasteiger partial charge in [-0.05, 0) is 31.0 Å². The smallest absolute Gasteiger partial charge is 0.872 e. The van der Waals surface area contributed by atoms with Crippen LogP contribution in [0.25, 0.3) is 0 Å². The van der Waals surface area contributed by atoms with E-state index in [4.69, 9.17) is 4.74 Å². The first-order chi connectivity index (χ1) is 14.4. The minimum Gasteiger partial charge on any atom is -0.872 e. The van der Waals surface area contributed by atoms with Gasteiger partial charge in [-0.3, -0.25) is 4.55 Å². The molecule has 0 heterocycles. The molecule has 0 atom stereocenters. The van der Waals surface area contributed by atoms with Gasteiger partial charge in [0.05, 0.1) is 4.90 Å². The van der Waals surface area contributed by atoms with Crippen molar-refractivity contribution in [2.75, 3.05) is 0 Å². The fraction of sp³-hybridized carbons (Fsp3) is 0.500. The summed E-state index contributed by atoms with van der Waals surface area (Å²) in [6, 6.07) is 11.6. The van der Waals surface area contributed by atoms with E-state index in [0.717, 1.165) is 31.7 Å². The zero-order valence-electron chi connectivity index (χ0n) is 18.8. The molecule has 0 radical (unpaired) electrons. The Morgan fingerprint density at radius 1 is 0.839 bits per heavy atom. The second-order valence-corrected chi connectivity index (χ2v) is 9.05. The van der Waals surface area contributed by atoms with Gasteiger partial charge in [-0.2, -0.15) is 8.42 Å². The van der Waals surface area contributed by atoms with E-state index >= 15 is 0 Å². The molecule has 7 heteroatoms. The van der Waals surface area contributed by atoms with Crippen LogP contribution in [0.3, 0.4) is 0 Å². The van der Waals surface area contributed by atoms with Crippen LogP contribution in [0, 0.1) is 0 Å². The molecular formula is C24H33NaO5S. The summed E-state index contributed by atoms with van der Waals surface area (Å²) in [7, 11) is -4.63. The van der Waals surface area contributed by atoms with Gasteiger partial charge in [-0.15, -0.1) is 0 Å². The van der Waals surface area contributed by atoms with Crippen LogP contribution in [-0.2, 0) is 16.5 Å². The molecule has 0 aliphatic rings. The Morgan fingerprint density at radius 2 is 1.39 bits per heavy atom. The van der Waals surface area contributed by atoms with Crippen LogP contribution in [-0.4, -0.2) is 13.0 Å². The van der Waals surface area contributed by atoms with Crippen molar-refractivity contribution in [1.82, 2.24) is 0 Å². The predicted molar refractivity (Wildman–Crippen MR) is 118 cm³/mol. The number of benzene rings is 2. The molecule has 0 spiro atoms. The van der Waals surface area contributed by atoms with E-state index in [0.29, 0.717) is 17.9 Å². The molecular weight excluding hydrogens is 423 g/mol. The number of ether oxygens (including phenoxy) is 1. The number of unbranched alkanes of at least 4 members (excludes halogenated alkanes) is 9. The van der Waals surface area contributed by atoms with Crippen molar-refractivity contribution < 1.29 is 52.4 Å². The van der Waals surface area contributed by atoms with Crippen LogP contribution in [0.5, 0.6) is 17.2 Å². The number of rotatable bonds is 14. The van der Waals surface area contributed by atoms with Gasteiger partial charge in [0.1, 0.15) is 11.5 Å². The molecule has 0 unspecified atom stereocenters. The van der Waals surface area contributed by atoms with Gasteiger partial charge in [-0.1, -0.05) is 94.7 Å². The van der Waals surface area contributed by atoms with E-state index in [9.17, 15) is 18.1 Å². The molecule has 166 valence electrons. The largest absolute Gasteiger partial charge is 1.00 e. The van der Waals surface area contributed by atoms with Crippen LogP contribution in [0.1, 0.15) is 76.7 Å². The van der Waals surface area contributed by atoms with Crippen LogP contribution in [0.4, 0.5) is 0 Å². The number of hydrogen-bond acceptors (Lipinski definition) is 4. The molecule has 2 aromatic rings. The van der Waals surface area contributed by atoms with Gasteiger partial charge >= 0.3 is 29.6 Å². The Bertz CT molecular complexity index is 869. The van der Waals surface area contributed by atoms with Crippen LogP contribution >= 0.6 is 0 Å². The summed E-state index contributed by atoms with van der Waals surface area (Å²) in [6.45, 7) is 2.21. The van der Waals surface area contributed by atoms with Crippen LogP contribution in [0.2, 0.25) is 0 Å². The van der Waals surface area contributed by atoms with Gasteiger partial charge in [0.2, 0.25) is 0 Å². The Labute approximate surface area is 209 Å². The van der Waals surface area contributed by atoms with Gasteiger partial charge in [0.25, 0.3) is 10.1 Å². The first kappa shape index (κ1) is 28.0. The van der Waals surface area contributed by atoms with E-state index in [1.54, 1.807) is 12.1 Å². The number of hydrogen-bond donors (Lipinski definition) is 1. The third-order valence-electron chi connectivity index (χ3n) is 5.19. The second kappa shape index (κ2) is 14.9. The maximum atomic E-state index is 12.2. The number of para-hydroxylation sites is 1. The molecule has 5 nitrogen and oxygen atoms in total. The Morgan fingerprint density at radius 3 is 1.94 bits per heavy atom. The van der Waals surface area contributed by atoms with Crippen molar-refractivity contribution in [1.29, 1.82) is 0 Å². The molecule has 0 aromatic heterocycles. The van der Waals surface area contributed by atoms with Gasteiger partial charge in [0.15, 0.2) is 0 Å². The maximum absolute atomic E-state index is 12.2. The quantitative estimate of drug-likeness (QED) is 0.268. The van der Waals surface area contributed by atoms with E-state index in [-0.39, 0.29) is 35.1 Å². The standard InChI is InChI=1S/C24H34O5S.Na/c1-2-3-4-5-6-7-8-9-10-14-17-21-23(29-20-15-12-11-13-16-20)19-18-22(25)24(21)30(26,27)28;/h11-13,15-16,18-19,25H,2-10,14,17H2,1H3,(H,26,27,28);/q;+1/p-1. The third-order valence-corrected chi connectivity index (χ3v) is 6.15. The van der Waals surface area contributed by atoms with Gasteiger partial charge in [-0.25, -0.2) is 0 Å². The van der Waals surface area contributed by atoms with Crippen molar-refractivity contribution in [2.24, 2.45) is 0 Å². The first-order valence-electron chi connectivity index (χ1n) is 11.0. The van der Waals surface area contributed by atoms with E-state index in [1.807, 2.05) is 18.2 Å². The molecule has 0 aliphatic heterocycles. The van der Waals surface area contributed by atoms with Gasteiger partial charge in [0, 0.05) is 5.56 Å². The topological polar surface area (TPSA) is 86.7 Å². The molecule has 31 heavy (non-hydrogen) atoms. The summed E-state index contributed by atoms with van der Waals surface area (Å²) in [5, 5.41) is 12.2. The summed E-state index contributed by atoms with van der Waals surface area (Å²) < 4.78 is 39.2. The second-order valence-electron chi connectivity index (χ2n) is 7.69. The normalized spacial score (nSPS) is 11.2. The summed E-state index contributed by atoms with van der Waals surface area (Å²) >= 11 is 0. The Kier molecular flexibility index (Phi) is 13.5. The first-order valence-corrected chi connectivity index (χ1v) is 12.4. The zero-order chi connectivity index (χ0) is 21.8. The Hall–Kier alpha value is -1.05. The van der Waals surface area contributed by atoms with Crippen molar-refractivity contribution in [3.05, 3.63) is 48.0 Å². The van der Waals surface area contributed by atoms with Crippen molar-refractivity contribution in [3.63, 3.8) is 0 Å². The maximum Gasteiger partial charge on any atom is 1.00 e.